The maximum absolute atomic E-state index is 12.4. The lowest BCUT2D eigenvalue weighted by Gasteiger charge is -2.15. The van der Waals surface area contributed by atoms with Gasteiger partial charge in [0.2, 0.25) is 6.29 Å². The summed E-state index contributed by atoms with van der Waals surface area (Å²) in [5.41, 5.74) is 2.49. The molecule has 1 aliphatic rings. The van der Waals surface area contributed by atoms with E-state index in [4.69, 9.17) is 0 Å². The average molecular weight is 363 g/mol. The molecule has 0 unspecified atom stereocenters. The first-order chi connectivity index (χ1) is 13.2. The van der Waals surface area contributed by atoms with E-state index in [2.05, 4.69) is 10.4 Å². The normalized spacial score (nSPS) is 14.0. The van der Waals surface area contributed by atoms with Crippen molar-refractivity contribution in [2.24, 2.45) is 5.10 Å². The highest BCUT2D eigenvalue weighted by atomic mass is 16.2. The Morgan fingerprint density at radius 2 is 1.78 bits per heavy atom. The first-order valence-electron chi connectivity index (χ1n) is 8.56. The number of carbonyl (C=O) groups is 2. The van der Waals surface area contributed by atoms with E-state index in [1.807, 2.05) is 60.9 Å². The fourth-order valence-electron chi connectivity index (χ4n) is 2.74. The molecule has 1 radical (unpaired) electrons. The molecule has 0 aliphatic carbocycles. The Hall–Kier alpha value is -3.48. The molecule has 1 aliphatic heterocycles. The van der Waals surface area contributed by atoms with Crippen LogP contribution in [0, 0.1) is 0 Å². The molecule has 137 valence electrons. The zero-order valence-electron chi connectivity index (χ0n) is 14.7. The molecule has 0 atom stereocenters. The third-order valence-electron chi connectivity index (χ3n) is 4.19. The van der Waals surface area contributed by atoms with Crippen molar-refractivity contribution in [1.29, 1.82) is 0 Å². The van der Waals surface area contributed by atoms with Crippen LogP contribution in [0.1, 0.15) is 16.7 Å². The van der Waals surface area contributed by atoms with Gasteiger partial charge in [-0.2, -0.15) is 5.10 Å². The van der Waals surface area contributed by atoms with Crippen LogP contribution in [0.15, 0.2) is 59.7 Å². The topological polar surface area (TPSA) is 82.1 Å². The average Bonchev–Trinajstić information content (AvgIpc) is 3.07. The minimum Gasteiger partial charge on any atom is -0.333 e. The molecule has 4 amide bonds. The number of nitrogens with zero attached hydrogens (tertiary/aromatic N) is 3. The number of hydrogen-bond acceptors (Lipinski definition) is 4. The van der Waals surface area contributed by atoms with Gasteiger partial charge in [-0.15, -0.1) is 0 Å². The highest BCUT2D eigenvalue weighted by Crippen LogP contribution is 2.12. The van der Waals surface area contributed by atoms with Crippen LogP contribution in [0.4, 0.5) is 9.59 Å². The lowest BCUT2D eigenvalue weighted by atomic mass is 10.1. The van der Waals surface area contributed by atoms with Crippen LogP contribution in [-0.2, 0) is 17.8 Å². The van der Waals surface area contributed by atoms with Crippen LogP contribution >= 0.6 is 0 Å². The van der Waals surface area contributed by atoms with Gasteiger partial charge in [0.1, 0.15) is 0 Å². The smallest absolute Gasteiger partial charge is 0.333 e. The summed E-state index contributed by atoms with van der Waals surface area (Å²) in [7, 11) is 0. The zero-order valence-corrected chi connectivity index (χ0v) is 14.7. The second kappa shape index (κ2) is 8.75. The van der Waals surface area contributed by atoms with Crippen molar-refractivity contribution in [2.45, 2.75) is 13.0 Å². The molecule has 2 aromatic carbocycles. The van der Waals surface area contributed by atoms with Crippen molar-refractivity contribution in [3.05, 3.63) is 71.3 Å². The Morgan fingerprint density at radius 3 is 2.52 bits per heavy atom. The summed E-state index contributed by atoms with van der Waals surface area (Å²) in [5.74, 6) is 0. The molecule has 0 aromatic heterocycles. The fourth-order valence-corrected chi connectivity index (χ4v) is 2.74. The maximum Gasteiger partial charge on any atom is 0.348 e. The number of nitrogens with one attached hydrogen (secondary N) is 1. The molecule has 2 aromatic rings. The van der Waals surface area contributed by atoms with Crippen molar-refractivity contribution in [1.82, 2.24) is 15.2 Å². The quantitative estimate of drug-likeness (QED) is 0.800. The number of hydrazone groups is 1. The van der Waals surface area contributed by atoms with E-state index in [-0.39, 0.29) is 19.5 Å². The van der Waals surface area contributed by atoms with Gasteiger partial charge in [-0.05, 0) is 16.7 Å². The van der Waals surface area contributed by atoms with E-state index in [9.17, 15) is 14.4 Å². The molecule has 3 rings (SSSR count). The summed E-state index contributed by atoms with van der Waals surface area (Å²) < 4.78 is 0. The number of rotatable bonds is 6. The summed E-state index contributed by atoms with van der Waals surface area (Å²) in [6, 6.07) is 15.8. The first kappa shape index (κ1) is 18.3. The SMILES string of the molecule is O=[C]Cc1ccccc1CNC(=O)N1CCN(N=Cc2ccccc2)C1=O. The van der Waals surface area contributed by atoms with Gasteiger partial charge >= 0.3 is 12.1 Å². The highest BCUT2D eigenvalue weighted by Gasteiger charge is 2.33. The fraction of sp³-hybridized carbons (Fsp3) is 0.200. The maximum atomic E-state index is 12.4. The molecular weight excluding hydrogens is 344 g/mol. The van der Waals surface area contributed by atoms with Crippen LogP contribution in [0.5, 0.6) is 0 Å². The van der Waals surface area contributed by atoms with E-state index in [1.165, 1.54) is 5.01 Å². The second-order valence-corrected chi connectivity index (χ2v) is 5.96. The number of benzene rings is 2. The van der Waals surface area contributed by atoms with Gasteiger partial charge in [0.15, 0.2) is 0 Å². The number of carbonyl (C=O) groups excluding carboxylic acids is 3. The lowest BCUT2D eigenvalue weighted by Crippen LogP contribution is -2.41. The highest BCUT2D eigenvalue weighted by molar-refractivity contribution is 5.95. The number of amides is 4. The molecule has 1 N–H and O–H groups in total. The van der Waals surface area contributed by atoms with E-state index in [0.717, 1.165) is 21.6 Å². The summed E-state index contributed by atoms with van der Waals surface area (Å²) >= 11 is 0. The third kappa shape index (κ3) is 4.58. The number of imide groups is 1. The van der Waals surface area contributed by atoms with Crippen LogP contribution < -0.4 is 5.32 Å². The largest absolute Gasteiger partial charge is 0.348 e. The molecule has 0 bridgehead atoms. The molecule has 27 heavy (non-hydrogen) atoms. The van der Waals surface area contributed by atoms with Gasteiger partial charge in [0, 0.05) is 13.0 Å². The predicted octanol–water partition coefficient (Wildman–Crippen LogP) is 2.32. The van der Waals surface area contributed by atoms with Gasteiger partial charge in [-0.25, -0.2) is 19.5 Å². The van der Waals surface area contributed by atoms with Gasteiger partial charge in [0.05, 0.1) is 19.3 Å². The molecule has 1 saturated heterocycles. The molecule has 1 heterocycles. The minimum atomic E-state index is -0.484. The van der Waals surface area contributed by atoms with E-state index in [0.29, 0.717) is 6.54 Å². The van der Waals surface area contributed by atoms with Crippen molar-refractivity contribution in [3.8, 4) is 0 Å². The van der Waals surface area contributed by atoms with Crippen molar-refractivity contribution in [3.63, 3.8) is 0 Å². The number of hydrogen-bond donors (Lipinski definition) is 1. The predicted molar refractivity (Wildman–Crippen MR) is 101 cm³/mol. The summed E-state index contributed by atoms with van der Waals surface area (Å²) in [5, 5.41) is 8.15. The van der Waals surface area contributed by atoms with Crippen molar-refractivity contribution in [2.75, 3.05) is 13.1 Å². The molecular formula is C20H19N4O3. The molecule has 1 fully saturated rings. The van der Waals surface area contributed by atoms with E-state index >= 15 is 0 Å². The van der Waals surface area contributed by atoms with Crippen molar-refractivity contribution < 1.29 is 14.4 Å². The molecule has 7 heteroatoms. The Morgan fingerprint density at radius 1 is 1.07 bits per heavy atom. The standard InChI is InChI=1S/C20H19N4O3/c25-13-10-17-8-4-5-9-18(17)15-21-19(26)23-11-12-24(20(23)27)22-14-16-6-2-1-3-7-16/h1-9,14H,10-12,15H2,(H,21,26). The van der Waals surface area contributed by atoms with Crippen molar-refractivity contribution >= 4 is 24.6 Å². The summed E-state index contributed by atoms with van der Waals surface area (Å²) in [6.07, 6.45) is 3.61. The van der Waals surface area contributed by atoms with Gasteiger partial charge in [0.25, 0.3) is 0 Å². The van der Waals surface area contributed by atoms with E-state index in [1.54, 1.807) is 6.21 Å². The lowest BCUT2D eigenvalue weighted by molar-refractivity contribution is 0.185. The van der Waals surface area contributed by atoms with Gasteiger partial charge in [-0.3, -0.25) is 4.79 Å². The number of urea groups is 2. The van der Waals surface area contributed by atoms with Crippen LogP contribution in [-0.4, -0.2) is 47.6 Å². The summed E-state index contributed by atoms with van der Waals surface area (Å²) in [6.45, 7) is 0.834. The molecule has 7 nitrogen and oxygen atoms in total. The Kier molecular flexibility index (Phi) is 5.94. The van der Waals surface area contributed by atoms with Gasteiger partial charge in [-0.1, -0.05) is 54.6 Å². The van der Waals surface area contributed by atoms with Crippen LogP contribution in [0.25, 0.3) is 0 Å². The zero-order chi connectivity index (χ0) is 19.1. The van der Waals surface area contributed by atoms with Gasteiger partial charge < -0.3 is 5.32 Å². The second-order valence-electron chi connectivity index (χ2n) is 5.96. The Balaban J connectivity index is 1.57. The first-order valence-corrected chi connectivity index (χ1v) is 8.56. The van der Waals surface area contributed by atoms with E-state index < -0.39 is 12.1 Å². The third-order valence-corrected chi connectivity index (χ3v) is 4.19. The van der Waals surface area contributed by atoms with Crippen LogP contribution in [0.3, 0.4) is 0 Å². The summed E-state index contributed by atoms with van der Waals surface area (Å²) in [4.78, 5) is 36.5. The Bertz CT molecular complexity index is 851. The van der Waals surface area contributed by atoms with Crippen LogP contribution in [0.2, 0.25) is 0 Å². The monoisotopic (exact) mass is 363 g/mol. The Labute approximate surface area is 157 Å². The molecule has 0 spiro atoms. The minimum absolute atomic E-state index is 0.163. The molecule has 0 saturated carbocycles.